The van der Waals surface area contributed by atoms with Crippen molar-refractivity contribution >= 4 is 57.7 Å². The lowest BCUT2D eigenvalue weighted by atomic mass is 10.2. The van der Waals surface area contributed by atoms with Gasteiger partial charge in [-0.1, -0.05) is 41.6 Å². The monoisotopic (exact) mass is 442 g/mol. The first-order valence-corrected chi connectivity index (χ1v) is 10.2. The molecule has 0 bridgehead atoms. The normalized spacial score (nSPS) is 17.2. The van der Waals surface area contributed by atoms with Crippen molar-refractivity contribution < 1.29 is 19.5 Å². The highest BCUT2D eigenvalue weighted by molar-refractivity contribution is 8.15. The van der Waals surface area contributed by atoms with E-state index < -0.39 is 11.2 Å². The number of carboxylic acids is 1. The largest absolute Gasteiger partial charge is 0.545 e. The van der Waals surface area contributed by atoms with Crippen molar-refractivity contribution in [2.75, 3.05) is 11.9 Å². The van der Waals surface area contributed by atoms with Gasteiger partial charge in [-0.15, -0.1) is 6.58 Å². The Morgan fingerprint density at radius 1 is 1.20 bits per heavy atom. The van der Waals surface area contributed by atoms with E-state index >= 15 is 0 Å². The van der Waals surface area contributed by atoms with Crippen LogP contribution in [0.1, 0.15) is 16.8 Å². The Bertz CT molecular complexity index is 1010. The van der Waals surface area contributed by atoms with E-state index in [0.29, 0.717) is 21.6 Å². The number of aliphatic imine (C=N–C) groups is 1. The van der Waals surface area contributed by atoms with Crippen LogP contribution in [0.25, 0.3) is 0 Å². The summed E-state index contributed by atoms with van der Waals surface area (Å²) in [5.74, 6) is -1.82. The van der Waals surface area contributed by atoms with Gasteiger partial charge in [0.1, 0.15) is 5.25 Å². The molecule has 7 nitrogen and oxygen atoms in total. The van der Waals surface area contributed by atoms with Gasteiger partial charge in [0.25, 0.3) is 0 Å². The topological polar surface area (TPSA) is 102 Å². The Kier molecular flexibility index (Phi) is 6.91. The maximum Gasteiger partial charge on any atom is 0.242 e. The minimum absolute atomic E-state index is 0.0254. The molecule has 0 aliphatic carbocycles. The molecule has 0 spiro atoms. The number of carbonyl (C=O) groups excluding carboxylic acids is 3. The van der Waals surface area contributed by atoms with Crippen LogP contribution >= 0.6 is 23.4 Å². The molecule has 0 aromatic heterocycles. The predicted molar refractivity (Wildman–Crippen MR) is 116 cm³/mol. The molecule has 0 saturated carbocycles. The molecule has 1 heterocycles. The molecule has 9 heteroatoms. The fourth-order valence-corrected chi connectivity index (χ4v) is 4.01. The third-order valence-electron chi connectivity index (χ3n) is 4.16. The second kappa shape index (κ2) is 9.60. The van der Waals surface area contributed by atoms with E-state index in [2.05, 4.69) is 16.9 Å². The summed E-state index contributed by atoms with van der Waals surface area (Å²) >= 11 is 7.02. The van der Waals surface area contributed by atoms with Crippen molar-refractivity contribution in [2.24, 2.45) is 4.99 Å². The van der Waals surface area contributed by atoms with E-state index in [1.54, 1.807) is 30.3 Å². The van der Waals surface area contributed by atoms with Gasteiger partial charge >= 0.3 is 0 Å². The number of halogens is 1. The zero-order chi connectivity index (χ0) is 21.7. The molecule has 2 amide bonds. The fourth-order valence-electron chi connectivity index (χ4n) is 2.72. The number of amides is 2. The maximum absolute atomic E-state index is 12.8. The predicted octanol–water partition coefficient (Wildman–Crippen LogP) is 2.85. The first kappa shape index (κ1) is 21.6. The van der Waals surface area contributed by atoms with Gasteiger partial charge in [-0.25, -0.2) is 4.99 Å². The van der Waals surface area contributed by atoms with Crippen molar-refractivity contribution in [3.63, 3.8) is 0 Å². The second-order valence-corrected chi connectivity index (χ2v) is 7.94. The summed E-state index contributed by atoms with van der Waals surface area (Å²) < 4.78 is 0. The number of hydrogen-bond donors (Lipinski definition) is 1. The summed E-state index contributed by atoms with van der Waals surface area (Å²) in [5.41, 5.74) is 1.11. The van der Waals surface area contributed by atoms with E-state index in [1.807, 2.05) is 0 Å². The summed E-state index contributed by atoms with van der Waals surface area (Å²) in [6.45, 7) is 3.91. The lowest BCUT2D eigenvalue weighted by Gasteiger charge is -2.14. The van der Waals surface area contributed by atoms with Crippen LogP contribution in [0, 0.1) is 0 Å². The van der Waals surface area contributed by atoms with Gasteiger partial charge in [0.15, 0.2) is 5.17 Å². The Labute approximate surface area is 182 Å². The van der Waals surface area contributed by atoms with Crippen LogP contribution in [-0.4, -0.2) is 39.6 Å². The minimum Gasteiger partial charge on any atom is -0.545 e. The van der Waals surface area contributed by atoms with Crippen molar-refractivity contribution in [3.8, 4) is 0 Å². The number of carbonyl (C=O) groups is 3. The van der Waals surface area contributed by atoms with Crippen molar-refractivity contribution in [1.29, 1.82) is 0 Å². The first-order valence-electron chi connectivity index (χ1n) is 8.92. The van der Waals surface area contributed by atoms with Gasteiger partial charge in [-0.05, 0) is 42.0 Å². The van der Waals surface area contributed by atoms with Gasteiger partial charge in [0.05, 0.1) is 11.7 Å². The summed E-state index contributed by atoms with van der Waals surface area (Å²) in [7, 11) is 0. The molecular formula is C21H17ClN3O4S-. The Morgan fingerprint density at radius 2 is 1.87 bits per heavy atom. The third-order valence-corrected chi connectivity index (χ3v) is 5.59. The van der Waals surface area contributed by atoms with Crippen LogP contribution in [-0.2, 0) is 9.59 Å². The van der Waals surface area contributed by atoms with E-state index in [9.17, 15) is 19.5 Å². The van der Waals surface area contributed by atoms with Gasteiger partial charge in [0, 0.05) is 23.7 Å². The number of thioether (sulfide) groups is 1. The zero-order valence-corrected chi connectivity index (χ0v) is 17.3. The van der Waals surface area contributed by atoms with Crippen LogP contribution in [0.15, 0.2) is 66.2 Å². The minimum atomic E-state index is -1.28. The average molecular weight is 443 g/mol. The van der Waals surface area contributed by atoms with Gasteiger partial charge < -0.3 is 15.2 Å². The van der Waals surface area contributed by atoms with Gasteiger partial charge in [0.2, 0.25) is 11.8 Å². The molecule has 1 aliphatic rings. The lowest BCUT2D eigenvalue weighted by molar-refractivity contribution is -0.255. The number of nitrogens with one attached hydrogen (secondary N) is 1. The first-order chi connectivity index (χ1) is 14.4. The lowest BCUT2D eigenvalue weighted by Crippen LogP contribution is -2.33. The van der Waals surface area contributed by atoms with Gasteiger partial charge in [-0.2, -0.15) is 0 Å². The van der Waals surface area contributed by atoms with Crippen molar-refractivity contribution in [2.45, 2.75) is 11.7 Å². The summed E-state index contributed by atoms with van der Waals surface area (Å²) in [6.07, 6.45) is 1.55. The van der Waals surface area contributed by atoms with Crippen LogP contribution < -0.4 is 10.4 Å². The SMILES string of the molecule is C=CCN1C(=O)C(CC(=O)Nc2ccc(Cl)cc2)SC1=Nc1ccc(C(=O)[O-])cc1. The molecule has 154 valence electrons. The Morgan fingerprint density at radius 3 is 2.47 bits per heavy atom. The maximum atomic E-state index is 12.8. The number of aromatic carboxylic acids is 1. The molecule has 3 rings (SSSR count). The Balaban J connectivity index is 1.73. The highest BCUT2D eigenvalue weighted by Gasteiger charge is 2.38. The molecule has 2 aromatic rings. The molecule has 2 aromatic carbocycles. The molecule has 30 heavy (non-hydrogen) atoms. The van der Waals surface area contributed by atoms with E-state index in [0.717, 1.165) is 0 Å². The number of nitrogens with zero attached hydrogens (tertiary/aromatic N) is 2. The van der Waals surface area contributed by atoms with Gasteiger partial charge in [-0.3, -0.25) is 14.5 Å². The number of hydrogen-bond acceptors (Lipinski definition) is 6. The zero-order valence-electron chi connectivity index (χ0n) is 15.7. The highest BCUT2D eigenvalue weighted by atomic mass is 35.5. The second-order valence-electron chi connectivity index (χ2n) is 6.33. The summed E-state index contributed by atoms with van der Waals surface area (Å²) in [4.78, 5) is 41.9. The van der Waals surface area contributed by atoms with E-state index in [1.165, 1.54) is 40.9 Å². The van der Waals surface area contributed by atoms with E-state index in [4.69, 9.17) is 11.6 Å². The van der Waals surface area contributed by atoms with Crippen molar-refractivity contribution in [1.82, 2.24) is 4.90 Å². The van der Waals surface area contributed by atoms with Crippen LogP contribution in [0.5, 0.6) is 0 Å². The summed E-state index contributed by atoms with van der Waals surface area (Å²) in [6, 6.07) is 12.5. The van der Waals surface area contributed by atoms with E-state index in [-0.39, 0.29) is 30.3 Å². The fraction of sp³-hybridized carbons (Fsp3) is 0.143. The number of benzene rings is 2. The van der Waals surface area contributed by atoms with Crippen LogP contribution in [0.4, 0.5) is 11.4 Å². The molecular weight excluding hydrogens is 426 g/mol. The third kappa shape index (κ3) is 5.28. The molecule has 1 atom stereocenters. The van der Waals surface area contributed by atoms with Crippen LogP contribution in [0.3, 0.4) is 0 Å². The van der Waals surface area contributed by atoms with Crippen LogP contribution in [0.2, 0.25) is 5.02 Å². The highest BCUT2D eigenvalue weighted by Crippen LogP contribution is 2.32. The number of rotatable bonds is 7. The molecule has 1 aliphatic heterocycles. The molecule has 1 N–H and O–H groups in total. The van der Waals surface area contributed by atoms with Crippen molar-refractivity contribution in [3.05, 3.63) is 71.8 Å². The standard InChI is InChI=1S/C21H18ClN3O4S/c1-2-11-25-19(27)17(12-18(26)23-15-9-5-14(22)6-10-15)30-21(25)24-16-7-3-13(4-8-16)20(28)29/h2-10,17H,1,11-12H2,(H,23,26)(H,28,29)/p-1. The number of anilines is 1. The number of carboxylic acid groups (broad SMARTS) is 1. The average Bonchev–Trinajstić information content (AvgIpc) is 2.99. The molecule has 1 fully saturated rings. The number of amidine groups is 1. The quantitative estimate of drug-likeness (QED) is 0.664. The Hall–Kier alpha value is -3.10. The molecule has 0 radical (unpaired) electrons. The molecule has 1 unspecified atom stereocenters. The smallest absolute Gasteiger partial charge is 0.242 e. The molecule has 1 saturated heterocycles. The summed E-state index contributed by atoms with van der Waals surface area (Å²) in [5, 5.41) is 14.0.